The van der Waals surface area contributed by atoms with Crippen LogP contribution in [-0.4, -0.2) is 57.8 Å². The molecule has 0 saturated carbocycles. The molecule has 4 heterocycles. The Morgan fingerprint density at radius 1 is 1.24 bits per heavy atom. The topological polar surface area (TPSA) is 120 Å². The van der Waals surface area contributed by atoms with Crippen LogP contribution in [0.2, 0.25) is 0 Å². The molecule has 34 heavy (non-hydrogen) atoms. The highest BCUT2D eigenvalue weighted by Gasteiger charge is 2.22. The van der Waals surface area contributed by atoms with Crippen LogP contribution < -0.4 is 15.4 Å². The summed E-state index contributed by atoms with van der Waals surface area (Å²) in [5, 5.41) is 10.4. The van der Waals surface area contributed by atoms with Gasteiger partial charge < -0.3 is 14.8 Å². The van der Waals surface area contributed by atoms with Gasteiger partial charge in [0.15, 0.2) is 0 Å². The van der Waals surface area contributed by atoms with E-state index >= 15 is 0 Å². The monoisotopic (exact) mass is 478 g/mol. The summed E-state index contributed by atoms with van der Waals surface area (Å²) < 4.78 is 12.2. The maximum atomic E-state index is 13.2. The molecule has 0 aliphatic carbocycles. The molecule has 2 amide bonds. The van der Waals surface area contributed by atoms with E-state index in [1.165, 1.54) is 15.9 Å². The van der Waals surface area contributed by atoms with Crippen molar-refractivity contribution in [3.63, 3.8) is 0 Å². The Morgan fingerprint density at radius 3 is 2.85 bits per heavy atom. The van der Waals surface area contributed by atoms with Gasteiger partial charge in [-0.25, -0.2) is 9.50 Å². The van der Waals surface area contributed by atoms with Crippen molar-refractivity contribution in [3.8, 4) is 16.9 Å². The smallest absolute Gasteiger partial charge is 0.271 e. The summed E-state index contributed by atoms with van der Waals surface area (Å²) in [6.07, 6.45) is 3.87. The van der Waals surface area contributed by atoms with Crippen LogP contribution in [0.4, 0.5) is 5.13 Å². The number of hydrogen-bond acceptors (Lipinski definition) is 8. The maximum absolute atomic E-state index is 13.2. The van der Waals surface area contributed by atoms with E-state index in [0.717, 1.165) is 17.7 Å². The van der Waals surface area contributed by atoms with E-state index in [1.54, 1.807) is 19.5 Å². The molecule has 3 aromatic heterocycles. The molecule has 2 N–H and O–H groups in total. The van der Waals surface area contributed by atoms with Crippen molar-refractivity contribution < 1.29 is 19.1 Å². The lowest BCUT2D eigenvalue weighted by Crippen LogP contribution is -2.35. The van der Waals surface area contributed by atoms with Crippen LogP contribution in [0.3, 0.4) is 0 Å². The first-order valence-corrected chi connectivity index (χ1v) is 11.5. The van der Waals surface area contributed by atoms with Gasteiger partial charge in [-0.05, 0) is 25.5 Å². The van der Waals surface area contributed by atoms with E-state index in [-0.39, 0.29) is 23.6 Å². The molecular weight excluding hydrogens is 456 g/mol. The number of methoxy groups -OCH3 is 1. The van der Waals surface area contributed by atoms with Gasteiger partial charge in [-0.3, -0.25) is 19.9 Å². The van der Waals surface area contributed by atoms with Crippen molar-refractivity contribution in [1.82, 2.24) is 24.9 Å². The second kappa shape index (κ2) is 9.20. The molecule has 1 aliphatic heterocycles. The highest BCUT2D eigenvalue weighted by atomic mass is 32.1. The lowest BCUT2D eigenvalue weighted by Gasteiger charge is -2.13. The predicted octanol–water partition coefficient (Wildman–Crippen LogP) is 2.94. The summed E-state index contributed by atoms with van der Waals surface area (Å²) in [6, 6.07) is 9.34. The molecule has 5 rings (SSSR count). The number of nitrogens with zero attached hydrogens (tertiary/aromatic N) is 4. The second-order valence-electron chi connectivity index (χ2n) is 7.82. The Hall–Kier alpha value is -3.83. The molecule has 11 heteroatoms. The van der Waals surface area contributed by atoms with Gasteiger partial charge in [0.25, 0.3) is 11.8 Å². The molecule has 4 aromatic rings. The molecular formula is C23H22N6O4S. The first-order chi connectivity index (χ1) is 16.5. The maximum Gasteiger partial charge on any atom is 0.271 e. The van der Waals surface area contributed by atoms with Crippen molar-refractivity contribution in [3.05, 3.63) is 59.7 Å². The minimum atomic E-state index is -0.357. The largest absolute Gasteiger partial charge is 0.496 e. The summed E-state index contributed by atoms with van der Waals surface area (Å²) in [5.41, 5.74) is 2.93. The Balaban J connectivity index is 1.37. The second-order valence-corrected chi connectivity index (χ2v) is 8.78. The lowest BCUT2D eigenvalue weighted by atomic mass is 9.99. The van der Waals surface area contributed by atoms with E-state index < -0.39 is 0 Å². The van der Waals surface area contributed by atoms with Gasteiger partial charge in [-0.2, -0.15) is 0 Å². The van der Waals surface area contributed by atoms with Gasteiger partial charge >= 0.3 is 0 Å². The number of aromatic nitrogens is 4. The number of amides is 2. The third-order valence-corrected chi connectivity index (χ3v) is 6.28. The van der Waals surface area contributed by atoms with E-state index in [9.17, 15) is 9.59 Å². The first-order valence-electron chi connectivity index (χ1n) is 10.7. The minimum Gasteiger partial charge on any atom is -0.496 e. The molecule has 174 valence electrons. The van der Waals surface area contributed by atoms with Crippen LogP contribution in [0.1, 0.15) is 33.0 Å². The van der Waals surface area contributed by atoms with Crippen molar-refractivity contribution in [2.45, 2.75) is 19.4 Å². The zero-order chi connectivity index (χ0) is 23.7. The number of fused-ring (bicyclic) bond motifs is 1. The Bertz CT molecular complexity index is 1340. The fourth-order valence-corrected chi connectivity index (χ4v) is 4.54. The third kappa shape index (κ3) is 4.35. The van der Waals surface area contributed by atoms with E-state index in [0.29, 0.717) is 40.2 Å². The highest BCUT2D eigenvalue weighted by Crippen LogP contribution is 2.33. The molecule has 10 nitrogen and oxygen atoms in total. The summed E-state index contributed by atoms with van der Waals surface area (Å²) in [5.74, 6) is 0.0282. The number of ether oxygens (including phenoxy) is 2. The first kappa shape index (κ1) is 22.0. The quantitative estimate of drug-likeness (QED) is 0.437. The van der Waals surface area contributed by atoms with Crippen molar-refractivity contribution >= 4 is 33.2 Å². The fraction of sp³-hybridized carbons (Fsp3) is 0.261. The minimum absolute atomic E-state index is 0.00408. The van der Waals surface area contributed by atoms with Crippen LogP contribution in [0, 0.1) is 6.92 Å². The van der Waals surface area contributed by atoms with Crippen molar-refractivity contribution in [2.24, 2.45) is 0 Å². The number of para-hydroxylation sites is 1. The number of benzene rings is 1. The van der Waals surface area contributed by atoms with Crippen molar-refractivity contribution in [1.29, 1.82) is 0 Å². The van der Waals surface area contributed by atoms with Crippen molar-refractivity contribution in [2.75, 3.05) is 25.6 Å². The molecule has 1 fully saturated rings. The molecule has 1 aliphatic rings. The molecule has 0 unspecified atom stereocenters. The molecule has 1 atom stereocenters. The Morgan fingerprint density at radius 2 is 2.09 bits per heavy atom. The number of pyridine rings is 1. The number of rotatable bonds is 6. The summed E-state index contributed by atoms with van der Waals surface area (Å²) in [6.45, 7) is 3.01. The van der Waals surface area contributed by atoms with E-state index in [1.807, 2.05) is 37.3 Å². The standard InChI is InChI=1S/C23H22N6O4S/c1-13-9-16(15-5-3-4-6-19(15)32-2)17(10-24-13)20(30)27-22-28-29-11-18(26-23(29)34-22)21(31)25-14-7-8-33-12-14/h3-6,9-11,14H,7-8,12H2,1-2H3,(H,25,31)(H,27,28,30)/t14-/m1/s1. The molecule has 1 saturated heterocycles. The average Bonchev–Trinajstić information content (AvgIpc) is 3.56. The van der Waals surface area contributed by atoms with Crippen LogP contribution in [0.25, 0.3) is 16.1 Å². The number of nitrogens with one attached hydrogen (secondary N) is 2. The van der Waals surface area contributed by atoms with Gasteiger partial charge in [-0.15, -0.1) is 5.10 Å². The van der Waals surface area contributed by atoms with Crippen LogP contribution in [-0.2, 0) is 4.74 Å². The number of hydrogen-bond donors (Lipinski definition) is 2. The fourth-order valence-electron chi connectivity index (χ4n) is 3.76. The number of anilines is 1. The number of carbonyl (C=O) groups is 2. The SMILES string of the molecule is COc1ccccc1-c1cc(C)ncc1C(=O)Nc1nn2cc(C(=O)N[C@@H]3CCOC3)nc2s1. The molecule has 0 spiro atoms. The van der Waals surface area contributed by atoms with Gasteiger partial charge in [0.2, 0.25) is 10.1 Å². The van der Waals surface area contributed by atoms with Gasteiger partial charge in [0.05, 0.1) is 31.5 Å². The number of carbonyl (C=O) groups excluding carboxylic acids is 2. The molecule has 0 bridgehead atoms. The average molecular weight is 479 g/mol. The van der Waals surface area contributed by atoms with E-state index in [4.69, 9.17) is 9.47 Å². The van der Waals surface area contributed by atoms with Crippen LogP contribution in [0.5, 0.6) is 5.75 Å². The van der Waals surface area contributed by atoms with Gasteiger partial charge in [0.1, 0.15) is 11.4 Å². The predicted molar refractivity (Wildman–Crippen MR) is 126 cm³/mol. The number of aryl methyl sites for hydroxylation is 1. The zero-order valence-electron chi connectivity index (χ0n) is 18.6. The van der Waals surface area contributed by atoms with Gasteiger partial charge in [0, 0.05) is 29.6 Å². The Labute approximate surface area is 198 Å². The third-order valence-electron chi connectivity index (χ3n) is 5.44. The van der Waals surface area contributed by atoms with Gasteiger partial charge in [-0.1, -0.05) is 29.5 Å². The van der Waals surface area contributed by atoms with Crippen LogP contribution >= 0.6 is 11.3 Å². The lowest BCUT2D eigenvalue weighted by molar-refractivity contribution is 0.0924. The zero-order valence-corrected chi connectivity index (χ0v) is 19.4. The van der Waals surface area contributed by atoms with Crippen LogP contribution in [0.15, 0.2) is 42.7 Å². The summed E-state index contributed by atoms with van der Waals surface area (Å²) in [4.78, 5) is 34.7. The summed E-state index contributed by atoms with van der Waals surface area (Å²) in [7, 11) is 1.59. The normalized spacial score (nSPS) is 15.4. The Kier molecular flexibility index (Phi) is 5.95. The number of imidazole rings is 1. The van der Waals surface area contributed by atoms with E-state index in [2.05, 4.69) is 25.7 Å². The molecule has 0 radical (unpaired) electrons. The molecule has 1 aromatic carbocycles. The highest BCUT2D eigenvalue weighted by molar-refractivity contribution is 7.20. The summed E-state index contributed by atoms with van der Waals surface area (Å²) >= 11 is 1.17.